The summed E-state index contributed by atoms with van der Waals surface area (Å²) in [5.74, 6) is -0.579. The van der Waals surface area contributed by atoms with Gasteiger partial charge in [0.1, 0.15) is 12.2 Å². The normalized spacial score (nSPS) is 14.1. The number of carbonyl (C=O) groups excluding carboxylic acids is 1. The van der Waals surface area contributed by atoms with Crippen molar-refractivity contribution in [2.45, 2.75) is 276 Å². The molecular formula is C45H91NO5. The molecule has 0 bridgehead atoms. The number of aliphatic hydroxyl groups excluding tert-OH is 4. The predicted octanol–water partition coefficient (Wildman–Crippen LogP) is 12.0. The summed E-state index contributed by atoms with van der Waals surface area (Å²) in [6, 6.07) is -0.978. The number of amides is 1. The van der Waals surface area contributed by atoms with Gasteiger partial charge in [-0.05, 0) is 12.8 Å². The maximum absolute atomic E-state index is 12.5. The lowest BCUT2D eigenvalue weighted by Gasteiger charge is -2.27. The summed E-state index contributed by atoms with van der Waals surface area (Å²) in [7, 11) is 0. The molecule has 306 valence electrons. The lowest BCUT2D eigenvalue weighted by Crippen LogP contribution is -2.53. The fraction of sp³-hybridized carbons (Fsp3) is 0.978. The van der Waals surface area contributed by atoms with Crippen molar-refractivity contribution in [2.75, 3.05) is 6.61 Å². The Morgan fingerprint density at radius 3 is 0.941 bits per heavy atom. The molecule has 0 aliphatic heterocycles. The van der Waals surface area contributed by atoms with E-state index in [4.69, 9.17) is 0 Å². The molecule has 0 aliphatic rings. The number of aliphatic hydroxyl groups is 4. The Hall–Kier alpha value is -0.690. The zero-order chi connectivity index (χ0) is 37.5. The van der Waals surface area contributed by atoms with Crippen molar-refractivity contribution in [3.63, 3.8) is 0 Å². The van der Waals surface area contributed by atoms with Crippen LogP contribution < -0.4 is 5.32 Å². The van der Waals surface area contributed by atoms with E-state index in [1.807, 2.05) is 0 Å². The van der Waals surface area contributed by atoms with E-state index in [9.17, 15) is 25.2 Å². The van der Waals surface area contributed by atoms with Crippen molar-refractivity contribution in [1.82, 2.24) is 5.32 Å². The number of rotatable bonds is 42. The van der Waals surface area contributed by atoms with Gasteiger partial charge in [-0.2, -0.15) is 0 Å². The quantitative estimate of drug-likeness (QED) is 0.0402. The van der Waals surface area contributed by atoms with E-state index in [2.05, 4.69) is 19.2 Å². The highest BCUT2D eigenvalue weighted by Gasteiger charge is 2.28. The van der Waals surface area contributed by atoms with Crippen LogP contribution in [0.3, 0.4) is 0 Å². The van der Waals surface area contributed by atoms with Crippen LogP contribution >= 0.6 is 0 Å². The molecule has 0 aliphatic carbocycles. The number of hydrogen-bond acceptors (Lipinski definition) is 5. The number of unbranched alkanes of at least 4 members (excludes halogenated alkanes) is 33. The van der Waals surface area contributed by atoms with Crippen LogP contribution in [0.2, 0.25) is 0 Å². The molecule has 0 heterocycles. The van der Waals surface area contributed by atoms with Crippen LogP contribution in [0.15, 0.2) is 0 Å². The largest absolute Gasteiger partial charge is 0.394 e. The van der Waals surface area contributed by atoms with E-state index in [0.29, 0.717) is 12.8 Å². The SMILES string of the molecule is CCCCCCCCCCCCCCCCCCCCC(O)C(=O)NC(CO)C(O)C(O)CCCCCCCCCCCCCCCCCCC. The molecular weight excluding hydrogens is 634 g/mol. The number of hydrogen-bond donors (Lipinski definition) is 5. The number of carbonyl (C=O) groups is 1. The van der Waals surface area contributed by atoms with Crippen LogP contribution in [0.1, 0.15) is 251 Å². The lowest BCUT2D eigenvalue weighted by atomic mass is 9.99. The maximum atomic E-state index is 12.5. The minimum Gasteiger partial charge on any atom is -0.394 e. The average molecular weight is 726 g/mol. The third-order valence-electron chi connectivity index (χ3n) is 11.1. The molecule has 4 unspecified atom stereocenters. The van der Waals surface area contributed by atoms with Crippen LogP contribution in [0.25, 0.3) is 0 Å². The van der Waals surface area contributed by atoms with E-state index >= 15 is 0 Å². The zero-order valence-corrected chi connectivity index (χ0v) is 34.4. The minimum absolute atomic E-state index is 0.376. The highest BCUT2D eigenvalue weighted by Crippen LogP contribution is 2.17. The molecule has 0 spiro atoms. The molecule has 0 radical (unpaired) electrons. The molecule has 0 saturated carbocycles. The Labute approximate surface area is 318 Å². The third kappa shape index (κ3) is 34.8. The van der Waals surface area contributed by atoms with Gasteiger partial charge in [0.15, 0.2) is 0 Å². The van der Waals surface area contributed by atoms with Gasteiger partial charge in [-0.3, -0.25) is 4.79 Å². The van der Waals surface area contributed by atoms with Gasteiger partial charge in [-0.15, -0.1) is 0 Å². The monoisotopic (exact) mass is 726 g/mol. The average Bonchev–Trinajstić information content (AvgIpc) is 3.13. The first-order chi connectivity index (χ1) is 25.0. The Morgan fingerprint density at radius 2 is 0.667 bits per heavy atom. The second kappa shape index (κ2) is 40.5. The van der Waals surface area contributed by atoms with Crippen LogP contribution in [-0.2, 0) is 4.79 Å². The number of nitrogens with one attached hydrogen (secondary N) is 1. The van der Waals surface area contributed by atoms with Gasteiger partial charge < -0.3 is 25.7 Å². The van der Waals surface area contributed by atoms with Crippen molar-refractivity contribution in [2.24, 2.45) is 0 Å². The van der Waals surface area contributed by atoms with E-state index in [-0.39, 0.29) is 0 Å². The van der Waals surface area contributed by atoms with Crippen LogP contribution in [-0.4, -0.2) is 57.3 Å². The van der Waals surface area contributed by atoms with Crippen molar-refractivity contribution < 1.29 is 25.2 Å². The fourth-order valence-electron chi connectivity index (χ4n) is 7.41. The molecule has 0 fully saturated rings. The molecule has 0 saturated heterocycles. The Bertz CT molecular complexity index is 692. The fourth-order valence-corrected chi connectivity index (χ4v) is 7.41. The summed E-state index contributed by atoms with van der Waals surface area (Å²) >= 11 is 0. The van der Waals surface area contributed by atoms with Crippen molar-refractivity contribution in [3.8, 4) is 0 Å². The highest BCUT2D eigenvalue weighted by molar-refractivity contribution is 5.80. The first kappa shape index (κ1) is 50.3. The van der Waals surface area contributed by atoms with E-state index < -0.39 is 36.9 Å². The first-order valence-corrected chi connectivity index (χ1v) is 22.9. The van der Waals surface area contributed by atoms with Crippen LogP contribution in [0.4, 0.5) is 0 Å². The maximum Gasteiger partial charge on any atom is 0.249 e. The summed E-state index contributed by atoms with van der Waals surface area (Å²) in [5.41, 5.74) is 0. The molecule has 4 atom stereocenters. The first-order valence-electron chi connectivity index (χ1n) is 22.9. The summed E-state index contributed by atoms with van der Waals surface area (Å²) in [6.07, 6.45) is 42.7. The third-order valence-corrected chi connectivity index (χ3v) is 11.1. The molecule has 51 heavy (non-hydrogen) atoms. The summed E-state index contributed by atoms with van der Waals surface area (Å²) in [6.45, 7) is 4.07. The lowest BCUT2D eigenvalue weighted by molar-refractivity contribution is -0.132. The summed E-state index contributed by atoms with van der Waals surface area (Å²) in [4.78, 5) is 12.5. The molecule has 1 amide bonds. The second-order valence-electron chi connectivity index (χ2n) is 16.1. The Morgan fingerprint density at radius 1 is 0.412 bits per heavy atom. The van der Waals surface area contributed by atoms with Gasteiger partial charge >= 0.3 is 0 Å². The van der Waals surface area contributed by atoms with Crippen LogP contribution in [0.5, 0.6) is 0 Å². The summed E-state index contributed by atoms with van der Waals surface area (Å²) < 4.78 is 0. The molecule has 5 N–H and O–H groups in total. The highest BCUT2D eigenvalue weighted by atomic mass is 16.3. The van der Waals surface area contributed by atoms with E-state index in [1.54, 1.807) is 0 Å². The smallest absolute Gasteiger partial charge is 0.249 e. The van der Waals surface area contributed by atoms with E-state index in [1.165, 1.54) is 186 Å². The van der Waals surface area contributed by atoms with Crippen molar-refractivity contribution in [3.05, 3.63) is 0 Å². The Kier molecular flexibility index (Phi) is 39.9. The van der Waals surface area contributed by atoms with Gasteiger partial charge in [-0.25, -0.2) is 0 Å². The van der Waals surface area contributed by atoms with Gasteiger partial charge in [-0.1, -0.05) is 239 Å². The van der Waals surface area contributed by atoms with E-state index in [0.717, 1.165) is 38.5 Å². The standard InChI is InChI=1S/C45H91NO5/c1-3-5-7-9-11-13-15-17-19-21-23-25-27-29-31-33-35-37-39-43(49)45(51)46-41(40-47)44(50)42(48)38-36-34-32-30-28-26-24-22-20-18-16-14-12-10-8-6-4-2/h41-44,47-50H,3-40H2,1-2H3,(H,46,51). The van der Waals surface area contributed by atoms with Gasteiger partial charge in [0.2, 0.25) is 5.91 Å². The van der Waals surface area contributed by atoms with Gasteiger partial charge in [0, 0.05) is 0 Å². The van der Waals surface area contributed by atoms with Crippen molar-refractivity contribution in [1.29, 1.82) is 0 Å². The molecule has 0 aromatic rings. The van der Waals surface area contributed by atoms with Gasteiger partial charge in [0.25, 0.3) is 0 Å². The van der Waals surface area contributed by atoms with Gasteiger partial charge in [0.05, 0.1) is 18.8 Å². The van der Waals surface area contributed by atoms with Crippen LogP contribution in [0, 0.1) is 0 Å². The molecule has 0 aromatic heterocycles. The molecule has 6 heteroatoms. The topological polar surface area (TPSA) is 110 Å². The minimum atomic E-state index is -1.25. The van der Waals surface area contributed by atoms with Crippen molar-refractivity contribution >= 4 is 5.91 Å². The second-order valence-corrected chi connectivity index (χ2v) is 16.1. The summed E-state index contributed by atoms with van der Waals surface area (Å²) in [5, 5.41) is 43.7. The molecule has 0 rings (SSSR count). The zero-order valence-electron chi connectivity index (χ0n) is 34.4. The molecule has 6 nitrogen and oxygen atoms in total. The molecule has 0 aromatic carbocycles. The Balaban J connectivity index is 3.68. The predicted molar refractivity (Wildman–Crippen MR) is 219 cm³/mol.